The first-order chi connectivity index (χ1) is 9.95. The SMILES string of the molecule is CC(C)C(CN(C)C)NC(=O)c1ccccc1C#CCN. The Hall–Kier alpha value is -1.83. The maximum Gasteiger partial charge on any atom is 0.252 e. The Kier molecular flexibility index (Phi) is 6.93. The van der Waals surface area contributed by atoms with Crippen molar-refractivity contribution >= 4 is 5.91 Å². The van der Waals surface area contributed by atoms with Gasteiger partial charge in [0, 0.05) is 18.2 Å². The van der Waals surface area contributed by atoms with E-state index in [1.807, 2.05) is 32.3 Å². The second-order valence-electron chi connectivity index (χ2n) is 5.64. The third kappa shape index (κ3) is 5.58. The summed E-state index contributed by atoms with van der Waals surface area (Å²) in [6.45, 7) is 5.30. The van der Waals surface area contributed by atoms with Crippen molar-refractivity contribution in [1.29, 1.82) is 0 Å². The van der Waals surface area contributed by atoms with Gasteiger partial charge in [0.2, 0.25) is 0 Å². The highest BCUT2D eigenvalue weighted by Crippen LogP contribution is 2.10. The molecule has 0 bridgehead atoms. The molecule has 114 valence electrons. The summed E-state index contributed by atoms with van der Waals surface area (Å²) in [5.41, 5.74) is 6.71. The zero-order valence-corrected chi connectivity index (χ0v) is 13.3. The first-order valence-electron chi connectivity index (χ1n) is 7.19. The Morgan fingerprint density at radius 2 is 2.00 bits per heavy atom. The lowest BCUT2D eigenvalue weighted by atomic mass is 10.0. The van der Waals surface area contributed by atoms with Crippen molar-refractivity contribution in [1.82, 2.24) is 10.2 Å². The van der Waals surface area contributed by atoms with E-state index in [1.165, 1.54) is 0 Å². The molecule has 1 aromatic carbocycles. The molecular weight excluding hydrogens is 262 g/mol. The smallest absolute Gasteiger partial charge is 0.252 e. The summed E-state index contributed by atoms with van der Waals surface area (Å²) in [5.74, 6) is 6.02. The lowest BCUT2D eigenvalue weighted by Gasteiger charge is -2.25. The second-order valence-corrected chi connectivity index (χ2v) is 5.64. The molecule has 1 rings (SSSR count). The van der Waals surface area contributed by atoms with Crippen molar-refractivity contribution in [3.63, 3.8) is 0 Å². The van der Waals surface area contributed by atoms with Gasteiger partial charge in [0.05, 0.1) is 12.1 Å². The van der Waals surface area contributed by atoms with Crippen LogP contribution in [0.25, 0.3) is 0 Å². The van der Waals surface area contributed by atoms with Gasteiger partial charge in [0.1, 0.15) is 0 Å². The van der Waals surface area contributed by atoms with E-state index < -0.39 is 0 Å². The Balaban J connectivity index is 2.92. The average molecular weight is 287 g/mol. The fraction of sp³-hybridized carbons (Fsp3) is 0.471. The number of likely N-dealkylation sites (N-methyl/N-ethyl adjacent to an activating group) is 1. The number of nitrogens with one attached hydrogen (secondary N) is 1. The molecule has 0 spiro atoms. The van der Waals surface area contributed by atoms with Crippen LogP contribution in [0.1, 0.15) is 29.8 Å². The summed E-state index contributed by atoms with van der Waals surface area (Å²) in [6, 6.07) is 7.45. The van der Waals surface area contributed by atoms with Crippen LogP contribution in [0.2, 0.25) is 0 Å². The molecule has 0 aliphatic heterocycles. The molecular formula is C17H25N3O. The minimum atomic E-state index is -0.0857. The number of carbonyl (C=O) groups excluding carboxylic acids is 1. The molecule has 0 fully saturated rings. The predicted octanol–water partition coefficient (Wildman–Crippen LogP) is 1.31. The molecule has 0 saturated heterocycles. The van der Waals surface area contributed by atoms with Crippen LogP contribution in [-0.2, 0) is 0 Å². The van der Waals surface area contributed by atoms with Gasteiger partial charge in [0.25, 0.3) is 5.91 Å². The molecule has 1 atom stereocenters. The lowest BCUT2D eigenvalue weighted by molar-refractivity contribution is 0.0916. The number of hydrogen-bond donors (Lipinski definition) is 2. The van der Waals surface area contributed by atoms with Gasteiger partial charge < -0.3 is 16.0 Å². The van der Waals surface area contributed by atoms with Gasteiger partial charge in [-0.15, -0.1) is 0 Å². The maximum atomic E-state index is 12.5. The van der Waals surface area contributed by atoms with Crippen LogP contribution in [0.5, 0.6) is 0 Å². The van der Waals surface area contributed by atoms with E-state index >= 15 is 0 Å². The van der Waals surface area contributed by atoms with Gasteiger partial charge in [-0.3, -0.25) is 4.79 Å². The van der Waals surface area contributed by atoms with Crippen molar-refractivity contribution in [2.75, 3.05) is 27.2 Å². The van der Waals surface area contributed by atoms with E-state index in [9.17, 15) is 4.79 Å². The molecule has 4 heteroatoms. The van der Waals surface area contributed by atoms with Gasteiger partial charge in [-0.25, -0.2) is 0 Å². The zero-order valence-electron chi connectivity index (χ0n) is 13.3. The van der Waals surface area contributed by atoms with Gasteiger partial charge in [-0.05, 0) is 32.1 Å². The lowest BCUT2D eigenvalue weighted by Crippen LogP contribution is -2.45. The number of nitrogens with zero attached hydrogens (tertiary/aromatic N) is 1. The Labute approximate surface area is 127 Å². The molecule has 1 aromatic rings. The Morgan fingerprint density at radius 1 is 1.33 bits per heavy atom. The summed E-state index contributed by atoms with van der Waals surface area (Å²) in [6.07, 6.45) is 0. The Morgan fingerprint density at radius 3 is 2.57 bits per heavy atom. The molecule has 21 heavy (non-hydrogen) atoms. The first kappa shape index (κ1) is 17.2. The normalized spacial score (nSPS) is 12.0. The van der Waals surface area contributed by atoms with E-state index in [1.54, 1.807) is 6.07 Å². The third-order valence-corrected chi connectivity index (χ3v) is 3.18. The standard InChI is InChI=1S/C17H25N3O/c1-13(2)16(12-20(3)4)19-17(21)15-10-6-5-8-14(15)9-7-11-18/h5-6,8,10,13,16H,11-12,18H2,1-4H3,(H,19,21). The third-order valence-electron chi connectivity index (χ3n) is 3.18. The number of carbonyl (C=O) groups is 1. The van der Waals surface area contributed by atoms with E-state index in [-0.39, 0.29) is 18.5 Å². The summed E-state index contributed by atoms with van der Waals surface area (Å²) < 4.78 is 0. The van der Waals surface area contributed by atoms with Crippen LogP contribution < -0.4 is 11.1 Å². The monoisotopic (exact) mass is 287 g/mol. The largest absolute Gasteiger partial charge is 0.348 e. The van der Waals surface area contributed by atoms with Crippen molar-refractivity contribution < 1.29 is 4.79 Å². The van der Waals surface area contributed by atoms with E-state index in [4.69, 9.17) is 5.73 Å². The van der Waals surface area contributed by atoms with E-state index in [0.717, 1.165) is 6.54 Å². The number of nitrogens with two attached hydrogens (primary N) is 1. The van der Waals surface area contributed by atoms with Crippen LogP contribution in [0.3, 0.4) is 0 Å². The molecule has 0 aromatic heterocycles. The van der Waals surface area contributed by atoms with E-state index in [2.05, 4.69) is 35.9 Å². The molecule has 0 aliphatic carbocycles. The van der Waals surface area contributed by atoms with Crippen LogP contribution in [0.4, 0.5) is 0 Å². The van der Waals surface area contributed by atoms with Gasteiger partial charge in [0.15, 0.2) is 0 Å². The van der Waals surface area contributed by atoms with E-state index in [0.29, 0.717) is 17.0 Å². The summed E-state index contributed by atoms with van der Waals surface area (Å²) in [4.78, 5) is 14.6. The Bertz CT molecular complexity index is 526. The van der Waals surface area contributed by atoms with Crippen LogP contribution in [0.15, 0.2) is 24.3 Å². The minimum absolute atomic E-state index is 0.0857. The molecule has 3 N–H and O–H groups in total. The van der Waals surface area contributed by atoms with Crippen LogP contribution in [-0.4, -0.2) is 44.0 Å². The van der Waals surface area contributed by atoms with Crippen molar-refractivity contribution in [2.24, 2.45) is 11.7 Å². The minimum Gasteiger partial charge on any atom is -0.348 e. The fourth-order valence-electron chi connectivity index (χ4n) is 2.00. The van der Waals surface area contributed by atoms with Gasteiger partial charge >= 0.3 is 0 Å². The summed E-state index contributed by atoms with van der Waals surface area (Å²) in [5, 5.41) is 3.10. The van der Waals surface area contributed by atoms with Crippen molar-refractivity contribution in [2.45, 2.75) is 19.9 Å². The number of benzene rings is 1. The highest BCUT2D eigenvalue weighted by molar-refractivity contribution is 5.96. The van der Waals surface area contributed by atoms with Crippen LogP contribution >= 0.6 is 0 Å². The molecule has 0 saturated carbocycles. The quantitative estimate of drug-likeness (QED) is 0.803. The predicted molar refractivity (Wildman–Crippen MR) is 87.0 cm³/mol. The van der Waals surface area contributed by atoms with Gasteiger partial charge in [-0.1, -0.05) is 37.8 Å². The molecule has 0 radical (unpaired) electrons. The highest BCUT2D eigenvalue weighted by Gasteiger charge is 2.19. The molecule has 4 nitrogen and oxygen atoms in total. The topological polar surface area (TPSA) is 58.4 Å². The molecule has 1 unspecified atom stereocenters. The second kappa shape index (κ2) is 8.46. The number of rotatable bonds is 5. The highest BCUT2D eigenvalue weighted by atomic mass is 16.1. The van der Waals surface area contributed by atoms with Crippen molar-refractivity contribution in [3.8, 4) is 11.8 Å². The fourth-order valence-corrected chi connectivity index (χ4v) is 2.00. The zero-order chi connectivity index (χ0) is 15.8. The molecule has 0 heterocycles. The average Bonchev–Trinajstić information content (AvgIpc) is 2.44. The summed E-state index contributed by atoms with van der Waals surface area (Å²) in [7, 11) is 4.00. The summed E-state index contributed by atoms with van der Waals surface area (Å²) >= 11 is 0. The molecule has 0 aliphatic rings. The maximum absolute atomic E-state index is 12.5. The first-order valence-corrected chi connectivity index (χ1v) is 7.19. The molecule has 1 amide bonds. The van der Waals surface area contributed by atoms with Crippen molar-refractivity contribution in [3.05, 3.63) is 35.4 Å². The number of hydrogen-bond acceptors (Lipinski definition) is 3. The van der Waals surface area contributed by atoms with Crippen LogP contribution in [0, 0.1) is 17.8 Å². The van der Waals surface area contributed by atoms with Gasteiger partial charge in [-0.2, -0.15) is 0 Å². The number of amides is 1.